The summed E-state index contributed by atoms with van der Waals surface area (Å²) in [4.78, 5) is 2.43. The number of hydrogen-bond acceptors (Lipinski definition) is 1. The van der Waals surface area contributed by atoms with Crippen LogP contribution in [-0.4, -0.2) is 18.0 Å². The minimum absolute atomic E-state index is 0.0684. The van der Waals surface area contributed by atoms with Gasteiger partial charge in [-0.05, 0) is 41.3 Å². The van der Waals surface area contributed by atoms with Gasteiger partial charge in [0.15, 0.2) is 0 Å². The summed E-state index contributed by atoms with van der Waals surface area (Å²) >= 11 is 0. The van der Waals surface area contributed by atoms with E-state index < -0.39 is 0 Å². The van der Waals surface area contributed by atoms with E-state index in [0.29, 0.717) is 0 Å². The van der Waals surface area contributed by atoms with Crippen molar-refractivity contribution in [2.75, 3.05) is 13.1 Å². The highest BCUT2D eigenvalue weighted by atomic mass is 19.1. The second-order valence-corrected chi connectivity index (χ2v) is 5.78. The molecule has 2 heteroatoms. The molecule has 1 heterocycles. The van der Waals surface area contributed by atoms with E-state index >= 15 is 0 Å². The molecule has 3 rings (SSSR count). The Kier molecular flexibility index (Phi) is 4.07. The number of aryl methyl sites for hydroxylation is 1. The van der Waals surface area contributed by atoms with Crippen LogP contribution >= 0.6 is 0 Å². The Balaban J connectivity index is 2.02. The van der Waals surface area contributed by atoms with E-state index in [0.717, 1.165) is 37.2 Å². The lowest BCUT2D eigenvalue weighted by Gasteiger charge is -2.34. The van der Waals surface area contributed by atoms with Gasteiger partial charge in [-0.1, -0.05) is 50.2 Å². The number of fused-ring (bicyclic) bond motifs is 1. The molecule has 21 heavy (non-hydrogen) atoms. The predicted octanol–water partition coefficient (Wildman–Crippen LogP) is 4.36. The van der Waals surface area contributed by atoms with Crippen LogP contribution < -0.4 is 0 Å². The molecule has 1 nitrogen and oxygen atoms in total. The fraction of sp³-hybridized carbons (Fsp3) is 0.368. The SMILES string of the molecule is CCc1ccc(C2CN(CC)Cc3ccccc32)cc1F. The Morgan fingerprint density at radius 1 is 1.14 bits per heavy atom. The first-order valence-electron chi connectivity index (χ1n) is 7.81. The summed E-state index contributed by atoms with van der Waals surface area (Å²) in [5.74, 6) is 0.205. The van der Waals surface area contributed by atoms with Crippen LogP contribution in [0.25, 0.3) is 0 Å². The molecule has 0 fully saturated rings. The molecule has 0 amide bonds. The van der Waals surface area contributed by atoms with Gasteiger partial charge < -0.3 is 0 Å². The molecule has 0 N–H and O–H groups in total. The zero-order valence-corrected chi connectivity index (χ0v) is 12.8. The average molecular weight is 283 g/mol. The first-order chi connectivity index (χ1) is 10.2. The van der Waals surface area contributed by atoms with Gasteiger partial charge in [0.1, 0.15) is 5.82 Å². The van der Waals surface area contributed by atoms with Crippen LogP contribution in [0.1, 0.15) is 42.0 Å². The van der Waals surface area contributed by atoms with Gasteiger partial charge in [0, 0.05) is 19.0 Å². The van der Waals surface area contributed by atoms with Crippen LogP contribution in [0.5, 0.6) is 0 Å². The number of rotatable bonds is 3. The standard InChI is InChI=1S/C19H22FN/c1-3-14-9-10-15(11-19(14)20)18-13-21(4-2)12-16-7-5-6-8-17(16)18/h5-11,18H,3-4,12-13H2,1-2H3. The number of nitrogens with zero attached hydrogens (tertiary/aromatic N) is 1. The molecule has 0 spiro atoms. The Morgan fingerprint density at radius 3 is 2.67 bits per heavy atom. The highest BCUT2D eigenvalue weighted by Gasteiger charge is 2.25. The normalized spacial score (nSPS) is 18.5. The van der Waals surface area contributed by atoms with Gasteiger partial charge in [0.25, 0.3) is 0 Å². The summed E-state index contributed by atoms with van der Waals surface area (Å²) in [6.45, 7) is 7.18. The Labute approximate surface area is 126 Å². The van der Waals surface area contributed by atoms with Crippen LogP contribution in [0.2, 0.25) is 0 Å². The third-order valence-electron chi connectivity index (χ3n) is 4.57. The summed E-state index contributed by atoms with van der Waals surface area (Å²) in [5, 5.41) is 0. The van der Waals surface area contributed by atoms with E-state index in [1.54, 1.807) is 6.07 Å². The molecule has 0 aliphatic carbocycles. The second-order valence-electron chi connectivity index (χ2n) is 5.78. The summed E-state index contributed by atoms with van der Waals surface area (Å²) < 4.78 is 14.1. The first kappa shape index (κ1) is 14.3. The van der Waals surface area contributed by atoms with Gasteiger partial charge in [-0.25, -0.2) is 4.39 Å². The lowest BCUT2D eigenvalue weighted by Crippen LogP contribution is -2.33. The van der Waals surface area contributed by atoms with E-state index in [1.165, 1.54) is 11.1 Å². The van der Waals surface area contributed by atoms with Crippen LogP contribution in [0.3, 0.4) is 0 Å². The zero-order valence-electron chi connectivity index (χ0n) is 12.8. The molecule has 0 saturated carbocycles. The largest absolute Gasteiger partial charge is 0.298 e. The lowest BCUT2D eigenvalue weighted by molar-refractivity contribution is 0.253. The summed E-state index contributed by atoms with van der Waals surface area (Å²) in [6, 6.07) is 14.3. The van der Waals surface area contributed by atoms with E-state index in [-0.39, 0.29) is 11.7 Å². The maximum Gasteiger partial charge on any atom is 0.126 e. The van der Waals surface area contributed by atoms with Crippen molar-refractivity contribution in [3.8, 4) is 0 Å². The van der Waals surface area contributed by atoms with Crippen molar-refractivity contribution in [2.45, 2.75) is 32.7 Å². The molecule has 1 aliphatic rings. The number of halogens is 1. The average Bonchev–Trinajstić information content (AvgIpc) is 2.53. The smallest absolute Gasteiger partial charge is 0.126 e. The van der Waals surface area contributed by atoms with Gasteiger partial charge in [0.05, 0.1) is 0 Å². The third-order valence-corrected chi connectivity index (χ3v) is 4.57. The van der Waals surface area contributed by atoms with E-state index in [2.05, 4.69) is 42.2 Å². The van der Waals surface area contributed by atoms with Crippen LogP contribution in [0, 0.1) is 5.82 Å². The molecule has 2 aromatic carbocycles. The van der Waals surface area contributed by atoms with Crippen molar-refractivity contribution in [2.24, 2.45) is 0 Å². The molecule has 1 unspecified atom stereocenters. The summed E-state index contributed by atoms with van der Waals surface area (Å²) in [5.41, 5.74) is 4.62. The minimum atomic E-state index is -0.0684. The van der Waals surface area contributed by atoms with Crippen molar-refractivity contribution < 1.29 is 4.39 Å². The molecule has 1 aliphatic heterocycles. The van der Waals surface area contributed by atoms with Gasteiger partial charge in [-0.2, -0.15) is 0 Å². The second kappa shape index (κ2) is 5.98. The Hall–Kier alpha value is -1.67. The van der Waals surface area contributed by atoms with Crippen molar-refractivity contribution in [3.63, 3.8) is 0 Å². The third kappa shape index (κ3) is 2.73. The molecule has 110 valence electrons. The summed E-state index contributed by atoms with van der Waals surface area (Å²) in [7, 11) is 0. The number of likely N-dealkylation sites (N-methyl/N-ethyl adjacent to an activating group) is 1. The van der Waals surface area contributed by atoms with Gasteiger partial charge in [-0.3, -0.25) is 4.90 Å². The molecular formula is C19H22FN. The fourth-order valence-corrected chi connectivity index (χ4v) is 3.27. The van der Waals surface area contributed by atoms with E-state index in [1.807, 2.05) is 13.0 Å². The van der Waals surface area contributed by atoms with Crippen molar-refractivity contribution in [1.29, 1.82) is 0 Å². The van der Waals surface area contributed by atoms with Crippen LogP contribution in [0.4, 0.5) is 4.39 Å². The Bertz CT molecular complexity index is 635. The Morgan fingerprint density at radius 2 is 1.95 bits per heavy atom. The number of benzene rings is 2. The fourth-order valence-electron chi connectivity index (χ4n) is 3.27. The van der Waals surface area contributed by atoms with Crippen molar-refractivity contribution >= 4 is 0 Å². The maximum absolute atomic E-state index is 14.1. The maximum atomic E-state index is 14.1. The molecule has 1 atom stereocenters. The molecule has 0 bridgehead atoms. The van der Waals surface area contributed by atoms with Crippen LogP contribution in [0.15, 0.2) is 42.5 Å². The molecule has 0 aromatic heterocycles. The molecular weight excluding hydrogens is 261 g/mol. The number of hydrogen-bond donors (Lipinski definition) is 0. The minimum Gasteiger partial charge on any atom is -0.298 e. The quantitative estimate of drug-likeness (QED) is 0.809. The lowest BCUT2D eigenvalue weighted by atomic mass is 9.84. The monoisotopic (exact) mass is 283 g/mol. The van der Waals surface area contributed by atoms with E-state index in [9.17, 15) is 4.39 Å². The highest BCUT2D eigenvalue weighted by molar-refractivity contribution is 5.41. The predicted molar refractivity (Wildman–Crippen MR) is 85.0 cm³/mol. The summed E-state index contributed by atoms with van der Waals surface area (Å²) in [6.07, 6.45) is 0.744. The van der Waals surface area contributed by atoms with E-state index in [4.69, 9.17) is 0 Å². The van der Waals surface area contributed by atoms with Gasteiger partial charge in [-0.15, -0.1) is 0 Å². The van der Waals surface area contributed by atoms with Crippen molar-refractivity contribution in [3.05, 3.63) is 70.5 Å². The zero-order chi connectivity index (χ0) is 14.8. The van der Waals surface area contributed by atoms with Gasteiger partial charge in [0.2, 0.25) is 0 Å². The molecule has 2 aromatic rings. The van der Waals surface area contributed by atoms with Crippen molar-refractivity contribution in [1.82, 2.24) is 4.90 Å². The highest BCUT2D eigenvalue weighted by Crippen LogP contribution is 2.33. The molecule has 0 saturated heterocycles. The van der Waals surface area contributed by atoms with Crippen LogP contribution in [-0.2, 0) is 13.0 Å². The molecule has 0 radical (unpaired) electrons. The first-order valence-corrected chi connectivity index (χ1v) is 7.81. The topological polar surface area (TPSA) is 3.24 Å². The van der Waals surface area contributed by atoms with Gasteiger partial charge >= 0.3 is 0 Å².